The van der Waals surface area contributed by atoms with Crippen LogP contribution in [0, 0.1) is 5.41 Å². The highest BCUT2D eigenvalue weighted by molar-refractivity contribution is 6.34. The van der Waals surface area contributed by atoms with Gasteiger partial charge in [0.1, 0.15) is 29.5 Å². The number of benzene rings is 2. The summed E-state index contributed by atoms with van der Waals surface area (Å²) in [5, 5.41) is 12.0. The molecule has 0 bridgehead atoms. The second kappa shape index (κ2) is 9.99. The molecule has 0 aliphatic carbocycles. The predicted octanol–water partition coefficient (Wildman–Crippen LogP) is 2.16. The average Bonchev–Trinajstić information content (AvgIpc) is 2.84. The van der Waals surface area contributed by atoms with Crippen LogP contribution in [0.15, 0.2) is 60.9 Å². The summed E-state index contributed by atoms with van der Waals surface area (Å²) in [4.78, 5) is 33.0. The first kappa shape index (κ1) is 22.7. The van der Waals surface area contributed by atoms with E-state index in [2.05, 4.69) is 15.3 Å². The zero-order chi connectivity index (χ0) is 24.1. The van der Waals surface area contributed by atoms with E-state index in [0.717, 1.165) is 6.42 Å². The van der Waals surface area contributed by atoms with Gasteiger partial charge >= 0.3 is 11.8 Å². The second-order valence-corrected chi connectivity index (χ2v) is 7.90. The molecule has 0 radical (unpaired) electrons. The summed E-state index contributed by atoms with van der Waals surface area (Å²) in [5.41, 5.74) is 12.4. The summed E-state index contributed by atoms with van der Waals surface area (Å²) in [7, 11) is 0. The van der Waals surface area contributed by atoms with Gasteiger partial charge in [-0.1, -0.05) is 18.2 Å². The normalized spacial score (nSPS) is 15.4. The van der Waals surface area contributed by atoms with Crippen LogP contribution in [0.5, 0.6) is 11.5 Å². The molecule has 0 unspecified atom stereocenters. The molecule has 34 heavy (non-hydrogen) atoms. The largest absolute Gasteiger partial charge is 0.457 e. The number of anilines is 2. The van der Waals surface area contributed by atoms with Gasteiger partial charge in [0.2, 0.25) is 0 Å². The average molecular weight is 460 g/mol. The summed E-state index contributed by atoms with van der Waals surface area (Å²) in [6.45, 7) is 0.760. The van der Waals surface area contributed by atoms with Gasteiger partial charge in [0.05, 0.1) is 11.3 Å². The van der Waals surface area contributed by atoms with E-state index >= 15 is 0 Å². The molecule has 10 nitrogen and oxygen atoms in total. The van der Waals surface area contributed by atoms with Crippen molar-refractivity contribution in [1.29, 1.82) is 5.41 Å². The van der Waals surface area contributed by atoms with Gasteiger partial charge in [-0.2, -0.15) is 0 Å². The Labute approximate surface area is 196 Å². The van der Waals surface area contributed by atoms with Gasteiger partial charge in [-0.3, -0.25) is 15.0 Å². The number of rotatable bonds is 6. The minimum atomic E-state index is -0.978. The molecule has 1 aliphatic rings. The van der Waals surface area contributed by atoms with E-state index in [1.165, 1.54) is 11.2 Å². The topological polar surface area (TPSA) is 160 Å². The smallest absolute Gasteiger partial charge is 0.311 e. The van der Waals surface area contributed by atoms with E-state index in [4.69, 9.17) is 21.6 Å². The first-order valence-electron chi connectivity index (χ1n) is 10.8. The molecule has 1 aliphatic heterocycles. The molecule has 1 aromatic heterocycles. The van der Waals surface area contributed by atoms with E-state index in [9.17, 15) is 9.59 Å². The van der Waals surface area contributed by atoms with Crippen LogP contribution >= 0.6 is 0 Å². The third-order valence-corrected chi connectivity index (χ3v) is 5.51. The summed E-state index contributed by atoms with van der Waals surface area (Å²) >= 11 is 0. The molecule has 1 saturated heterocycles. The number of nitrogen functional groups attached to an aromatic ring is 1. The molecular weight excluding hydrogens is 434 g/mol. The molecule has 2 heterocycles. The van der Waals surface area contributed by atoms with Gasteiger partial charge in [-0.05, 0) is 49.2 Å². The number of aromatic nitrogens is 2. The summed E-state index contributed by atoms with van der Waals surface area (Å²) in [6, 6.07) is 16.3. The van der Waals surface area contributed by atoms with E-state index < -0.39 is 11.8 Å². The highest BCUT2D eigenvalue weighted by atomic mass is 16.5. The van der Waals surface area contributed by atoms with E-state index in [1.807, 2.05) is 30.3 Å². The van der Waals surface area contributed by atoms with Gasteiger partial charge in [-0.25, -0.2) is 9.97 Å². The number of nitrogens with one attached hydrogen (secondary N) is 2. The van der Waals surface area contributed by atoms with Crippen LogP contribution in [0.25, 0.3) is 0 Å². The van der Waals surface area contributed by atoms with Gasteiger partial charge in [0.15, 0.2) is 0 Å². The van der Waals surface area contributed by atoms with Crippen LogP contribution in [-0.4, -0.2) is 51.5 Å². The molecule has 0 spiro atoms. The predicted molar refractivity (Wildman–Crippen MR) is 128 cm³/mol. The first-order valence-corrected chi connectivity index (χ1v) is 10.8. The highest BCUT2D eigenvalue weighted by Gasteiger charge is 2.28. The van der Waals surface area contributed by atoms with Gasteiger partial charge < -0.3 is 26.4 Å². The van der Waals surface area contributed by atoms with Crippen molar-refractivity contribution in [3.63, 3.8) is 0 Å². The lowest BCUT2D eigenvalue weighted by molar-refractivity contribution is -0.144. The van der Waals surface area contributed by atoms with E-state index in [-0.39, 0.29) is 17.6 Å². The van der Waals surface area contributed by atoms with Gasteiger partial charge in [0.25, 0.3) is 0 Å². The fourth-order valence-corrected chi connectivity index (χ4v) is 3.84. The molecule has 4 rings (SSSR count). The van der Waals surface area contributed by atoms with Crippen LogP contribution in [0.4, 0.5) is 11.6 Å². The lowest BCUT2D eigenvalue weighted by Gasteiger charge is -2.33. The number of primary amides is 1. The van der Waals surface area contributed by atoms with Crippen molar-refractivity contribution in [2.75, 3.05) is 24.1 Å². The number of hydrogen-bond donors (Lipinski definition) is 4. The second-order valence-electron chi connectivity index (χ2n) is 7.90. The molecule has 2 amide bonds. The molecule has 10 heteroatoms. The Morgan fingerprint density at radius 3 is 2.47 bits per heavy atom. The van der Waals surface area contributed by atoms with Crippen molar-refractivity contribution in [2.45, 2.75) is 18.9 Å². The Morgan fingerprint density at radius 2 is 1.76 bits per heavy atom. The molecule has 6 N–H and O–H groups in total. The molecular formula is C24H25N7O3. The number of carbonyl (C=O) groups is 2. The Morgan fingerprint density at radius 1 is 1.06 bits per heavy atom. The van der Waals surface area contributed by atoms with Crippen molar-refractivity contribution < 1.29 is 14.3 Å². The Balaban J connectivity index is 1.51. The number of carbonyl (C=O) groups excluding carboxylic acids is 2. The monoisotopic (exact) mass is 459 g/mol. The van der Waals surface area contributed by atoms with E-state index in [1.54, 1.807) is 24.3 Å². The Hall–Kier alpha value is -4.47. The molecule has 1 atom stereocenters. The SMILES string of the molecule is N=C(c1ccc(Oc2ccccc2)cc1)c1c(N)ncnc1N[C@@H]1CCCN(C(=O)C(N)=O)C1. The number of para-hydroxylation sites is 1. The fourth-order valence-electron chi connectivity index (χ4n) is 3.84. The Kier molecular flexibility index (Phi) is 6.67. The summed E-state index contributed by atoms with van der Waals surface area (Å²) in [6.07, 6.45) is 2.78. The highest BCUT2D eigenvalue weighted by Crippen LogP contribution is 2.26. The lowest BCUT2D eigenvalue weighted by Crippen LogP contribution is -2.49. The maximum atomic E-state index is 12.0. The van der Waals surface area contributed by atoms with Gasteiger partial charge in [-0.15, -0.1) is 0 Å². The number of piperidine rings is 1. The number of amides is 2. The van der Waals surface area contributed by atoms with Gasteiger partial charge in [0, 0.05) is 24.7 Å². The number of likely N-dealkylation sites (tertiary alicyclic amines) is 1. The van der Waals surface area contributed by atoms with Crippen LogP contribution in [0.3, 0.4) is 0 Å². The quantitative estimate of drug-likeness (QED) is 0.324. The van der Waals surface area contributed by atoms with Crippen molar-refractivity contribution >= 4 is 29.2 Å². The minimum Gasteiger partial charge on any atom is -0.457 e. The van der Waals surface area contributed by atoms with Crippen LogP contribution < -0.4 is 21.5 Å². The van der Waals surface area contributed by atoms with Crippen LogP contribution in [0.2, 0.25) is 0 Å². The van der Waals surface area contributed by atoms with Crippen LogP contribution in [0.1, 0.15) is 24.0 Å². The zero-order valence-electron chi connectivity index (χ0n) is 18.4. The standard InChI is InChI=1S/C24H25N7O3/c25-20(15-8-10-18(11-9-15)34-17-6-2-1-3-7-17)19-21(26)28-14-29-23(19)30-16-5-4-12-31(13-16)24(33)22(27)32/h1-3,6-11,14,16,25H,4-5,12-13H2,(H2,27,32)(H3,26,28,29,30)/t16-/m1/s1. The Bertz CT molecular complexity index is 1200. The van der Waals surface area contributed by atoms with E-state index in [0.29, 0.717) is 48.0 Å². The number of hydrogen-bond acceptors (Lipinski definition) is 8. The summed E-state index contributed by atoms with van der Waals surface area (Å²) < 4.78 is 5.82. The number of nitrogens with two attached hydrogens (primary N) is 2. The maximum Gasteiger partial charge on any atom is 0.311 e. The number of nitrogens with zero attached hydrogens (tertiary/aromatic N) is 3. The molecule has 0 saturated carbocycles. The zero-order valence-corrected chi connectivity index (χ0v) is 18.4. The van der Waals surface area contributed by atoms with Crippen molar-refractivity contribution in [2.24, 2.45) is 5.73 Å². The van der Waals surface area contributed by atoms with Crippen molar-refractivity contribution in [1.82, 2.24) is 14.9 Å². The van der Waals surface area contributed by atoms with Crippen LogP contribution in [-0.2, 0) is 9.59 Å². The third-order valence-electron chi connectivity index (χ3n) is 5.51. The third kappa shape index (κ3) is 5.12. The minimum absolute atomic E-state index is 0.146. The van der Waals surface area contributed by atoms with Crippen molar-refractivity contribution in [3.05, 3.63) is 72.1 Å². The first-order chi connectivity index (χ1) is 16.4. The maximum absolute atomic E-state index is 12.0. The molecule has 1 fully saturated rings. The summed E-state index contributed by atoms with van der Waals surface area (Å²) in [5.74, 6) is 0.218. The fraction of sp³-hybridized carbons (Fsp3) is 0.208. The molecule has 174 valence electrons. The molecule has 3 aromatic rings. The lowest BCUT2D eigenvalue weighted by atomic mass is 10.0. The number of ether oxygens (including phenoxy) is 1. The van der Waals surface area contributed by atoms with Crippen molar-refractivity contribution in [3.8, 4) is 11.5 Å². The molecule has 2 aromatic carbocycles.